The zero-order chi connectivity index (χ0) is 13.1. The van der Waals surface area contributed by atoms with E-state index in [1.807, 2.05) is 24.5 Å². The summed E-state index contributed by atoms with van der Waals surface area (Å²) < 4.78 is 2.26. The molecule has 0 spiro atoms. The molecule has 2 aromatic heterocycles. The molecule has 0 radical (unpaired) electrons. The van der Waals surface area contributed by atoms with Gasteiger partial charge in [-0.1, -0.05) is 0 Å². The summed E-state index contributed by atoms with van der Waals surface area (Å²) in [6.07, 6.45) is 5.70. The van der Waals surface area contributed by atoms with Crippen molar-refractivity contribution >= 4 is 11.8 Å². The number of aliphatic hydroxyl groups is 1. The van der Waals surface area contributed by atoms with Gasteiger partial charge in [0.05, 0.1) is 11.6 Å². The minimum absolute atomic E-state index is 0.106. The van der Waals surface area contributed by atoms with E-state index < -0.39 is 0 Å². The van der Waals surface area contributed by atoms with Gasteiger partial charge in [-0.2, -0.15) is 0 Å². The molecule has 0 aliphatic heterocycles. The van der Waals surface area contributed by atoms with E-state index in [2.05, 4.69) is 29.7 Å². The van der Waals surface area contributed by atoms with Crippen molar-refractivity contribution in [3.8, 4) is 0 Å². The second-order valence-corrected chi connectivity index (χ2v) is 5.09. The molecule has 0 atom stereocenters. The highest BCUT2D eigenvalue weighted by Gasteiger charge is 2.16. The van der Waals surface area contributed by atoms with Gasteiger partial charge < -0.3 is 9.67 Å². The average molecular weight is 262 g/mol. The minimum Gasteiger partial charge on any atom is -0.392 e. The number of rotatable bonds is 4. The quantitative estimate of drug-likeness (QED) is 0.861. The second kappa shape index (κ2) is 5.59. The number of hydrogen-bond donors (Lipinski definition) is 1. The van der Waals surface area contributed by atoms with E-state index in [1.165, 1.54) is 16.2 Å². The van der Waals surface area contributed by atoms with Crippen LogP contribution >= 0.6 is 11.8 Å². The molecule has 0 amide bonds. The first-order chi connectivity index (χ1) is 8.69. The molecule has 2 aromatic rings. The minimum atomic E-state index is 0.106. The topological polar surface area (TPSA) is 38.0 Å². The van der Waals surface area contributed by atoms with Gasteiger partial charge in [0, 0.05) is 30.2 Å². The largest absolute Gasteiger partial charge is 0.392 e. The van der Waals surface area contributed by atoms with Crippen molar-refractivity contribution < 1.29 is 5.11 Å². The van der Waals surface area contributed by atoms with E-state index in [9.17, 15) is 5.11 Å². The molecule has 1 N–H and O–H groups in total. The maximum absolute atomic E-state index is 9.47. The monoisotopic (exact) mass is 262 g/mol. The zero-order valence-electron chi connectivity index (χ0n) is 11.0. The van der Waals surface area contributed by atoms with Crippen LogP contribution in [0.5, 0.6) is 0 Å². The fourth-order valence-corrected chi connectivity index (χ4v) is 3.13. The number of aromatic nitrogens is 2. The Labute approximate surface area is 112 Å². The van der Waals surface area contributed by atoms with Crippen LogP contribution in [0.3, 0.4) is 0 Å². The van der Waals surface area contributed by atoms with E-state index in [1.54, 1.807) is 11.8 Å². The summed E-state index contributed by atoms with van der Waals surface area (Å²) in [5.74, 6) is 0. The summed E-state index contributed by atoms with van der Waals surface area (Å²) in [4.78, 5) is 4.04. The van der Waals surface area contributed by atoms with Gasteiger partial charge >= 0.3 is 0 Å². The summed E-state index contributed by atoms with van der Waals surface area (Å²) >= 11 is 1.73. The third kappa shape index (κ3) is 2.31. The Bertz CT molecular complexity index is 534. The molecule has 0 saturated carbocycles. The van der Waals surface area contributed by atoms with Gasteiger partial charge in [0.25, 0.3) is 0 Å². The Morgan fingerprint density at radius 1 is 1.28 bits per heavy atom. The van der Waals surface area contributed by atoms with Gasteiger partial charge in [-0.05, 0) is 43.4 Å². The standard InChI is InChI=1S/C14H18N2OS/c1-10-13(9-17)11(2)16(14(10)18-3)8-12-4-6-15-7-5-12/h4-7,17H,8-9H2,1-3H3. The normalized spacial score (nSPS) is 10.9. The van der Waals surface area contributed by atoms with Crippen LogP contribution in [0.25, 0.3) is 0 Å². The number of thioether (sulfide) groups is 1. The van der Waals surface area contributed by atoms with Crippen LogP contribution in [0, 0.1) is 13.8 Å². The number of nitrogens with zero attached hydrogens (tertiary/aromatic N) is 2. The van der Waals surface area contributed by atoms with E-state index in [0.29, 0.717) is 0 Å². The Kier molecular flexibility index (Phi) is 4.09. The molecule has 0 unspecified atom stereocenters. The average Bonchev–Trinajstić information content (AvgIpc) is 2.62. The van der Waals surface area contributed by atoms with Crippen molar-refractivity contribution in [3.05, 3.63) is 46.9 Å². The van der Waals surface area contributed by atoms with E-state index >= 15 is 0 Å². The number of aliphatic hydroxyl groups excluding tert-OH is 1. The highest BCUT2D eigenvalue weighted by molar-refractivity contribution is 7.98. The summed E-state index contributed by atoms with van der Waals surface area (Å²) in [5, 5.41) is 10.7. The number of hydrogen-bond acceptors (Lipinski definition) is 3. The molecule has 18 heavy (non-hydrogen) atoms. The molecule has 0 saturated heterocycles. The van der Waals surface area contributed by atoms with E-state index in [-0.39, 0.29) is 6.61 Å². The maximum Gasteiger partial charge on any atom is 0.0784 e. The van der Waals surface area contributed by atoms with Crippen LogP contribution < -0.4 is 0 Å². The fourth-order valence-electron chi connectivity index (χ4n) is 2.28. The Hall–Kier alpha value is -1.26. The van der Waals surface area contributed by atoms with Crippen LogP contribution in [0.4, 0.5) is 0 Å². The molecule has 0 aromatic carbocycles. The molecule has 2 heterocycles. The van der Waals surface area contributed by atoms with E-state index in [0.717, 1.165) is 17.8 Å². The molecule has 2 rings (SSSR count). The van der Waals surface area contributed by atoms with Gasteiger partial charge in [-0.3, -0.25) is 4.98 Å². The van der Waals surface area contributed by atoms with Gasteiger partial charge in [0.15, 0.2) is 0 Å². The molecule has 0 bridgehead atoms. The Balaban J connectivity index is 2.44. The van der Waals surface area contributed by atoms with Crippen LogP contribution in [0.1, 0.15) is 22.4 Å². The number of pyridine rings is 1. The molecule has 0 fully saturated rings. The summed E-state index contributed by atoms with van der Waals surface area (Å²) in [6, 6.07) is 4.05. The van der Waals surface area contributed by atoms with Crippen molar-refractivity contribution in [1.82, 2.24) is 9.55 Å². The SMILES string of the molecule is CSc1c(C)c(CO)c(C)n1Cc1ccncc1. The second-order valence-electron chi connectivity index (χ2n) is 4.30. The maximum atomic E-state index is 9.47. The van der Waals surface area contributed by atoms with Crippen molar-refractivity contribution in [1.29, 1.82) is 0 Å². The third-order valence-corrected chi connectivity index (χ3v) is 4.22. The summed E-state index contributed by atoms with van der Waals surface area (Å²) in [6.45, 7) is 5.08. The molecule has 3 nitrogen and oxygen atoms in total. The third-order valence-electron chi connectivity index (χ3n) is 3.30. The van der Waals surface area contributed by atoms with Crippen molar-refractivity contribution in [2.24, 2.45) is 0 Å². The molecule has 0 aliphatic carbocycles. The lowest BCUT2D eigenvalue weighted by atomic mass is 10.2. The molecule has 4 heteroatoms. The molecular formula is C14H18N2OS. The van der Waals surface area contributed by atoms with Crippen molar-refractivity contribution in [2.45, 2.75) is 32.0 Å². The van der Waals surface area contributed by atoms with E-state index in [4.69, 9.17) is 0 Å². The van der Waals surface area contributed by atoms with Gasteiger partial charge in [0.1, 0.15) is 0 Å². The van der Waals surface area contributed by atoms with Crippen molar-refractivity contribution in [3.63, 3.8) is 0 Å². The summed E-state index contributed by atoms with van der Waals surface area (Å²) in [5.41, 5.74) is 4.61. The first kappa shape index (κ1) is 13.2. The Morgan fingerprint density at radius 2 is 1.94 bits per heavy atom. The highest BCUT2D eigenvalue weighted by Crippen LogP contribution is 2.29. The lowest BCUT2D eigenvalue weighted by Crippen LogP contribution is -2.03. The Morgan fingerprint density at radius 3 is 2.50 bits per heavy atom. The van der Waals surface area contributed by atoms with Crippen LogP contribution in [-0.2, 0) is 13.2 Å². The van der Waals surface area contributed by atoms with Gasteiger partial charge in [0.2, 0.25) is 0 Å². The first-order valence-corrected chi connectivity index (χ1v) is 7.13. The lowest BCUT2D eigenvalue weighted by molar-refractivity contribution is 0.280. The molecule has 96 valence electrons. The van der Waals surface area contributed by atoms with Crippen molar-refractivity contribution in [2.75, 3.05) is 6.26 Å². The van der Waals surface area contributed by atoms with Gasteiger partial charge in [-0.25, -0.2) is 0 Å². The predicted molar refractivity (Wildman–Crippen MR) is 74.9 cm³/mol. The van der Waals surface area contributed by atoms with Gasteiger partial charge in [-0.15, -0.1) is 11.8 Å². The highest BCUT2D eigenvalue weighted by atomic mass is 32.2. The van der Waals surface area contributed by atoms with Crippen LogP contribution in [-0.4, -0.2) is 20.9 Å². The molecular weight excluding hydrogens is 244 g/mol. The van der Waals surface area contributed by atoms with Crippen LogP contribution in [0.2, 0.25) is 0 Å². The first-order valence-electron chi connectivity index (χ1n) is 5.91. The fraction of sp³-hybridized carbons (Fsp3) is 0.357. The summed E-state index contributed by atoms with van der Waals surface area (Å²) in [7, 11) is 0. The lowest BCUT2D eigenvalue weighted by Gasteiger charge is -2.10. The smallest absolute Gasteiger partial charge is 0.0784 e. The predicted octanol–water partition coefficient (Wildman–Crippen LogP) is 2.76. The zero-order valence-corrected chi connectivity index (χ0v) is 11.8. The molecule has 0 aliphatic rings. The van der Waals surface area contributed by atoms with Crippen LogP contribution in [0.15, 0.2) is 29.6 Å².